The zero-order chi connectivity index (χ0) is 14.0. The van der Waals surface area contributed by atoms with Gasteiger partial charge >= 0.3 is 5.97 Å². The summed E-state index contributed by atoms with van der Waals surface area (Å²) in [5, 5.41) is 11.4. The predicted octanol–water partition coefficient (Wildman–Crippen LogP) is 3.41. The summed E-state index contributed by atoms with van der Waals surface area (Å²) in [5.41, 5.74) is -0.699. The largest absolute Gasteiger partial charge is 0.478 e. The maximum Gasteiger partial charge on any atom is 0.338 e. The molecule has 0 saturated carbocycles. The number of aromatic carboxylic acids is 1. The lowest BCUT2D eigenvalue weighted by molar-refractivity contribution is 0.0697. The van der Waals surface area contributed by atoms with E-state index < -0.39 is 17.7 Å². The molecule has 0 aliphatic rings. The van der Waals surface area contributed by atoms with Gasteiger partial charge in [-0.05, 0) is 46.9 Å². The van der Waals surface area contributed by atoms with Crippen LogP contribution < -0.4 is 5.32 Å². The molecule has 0 atom stereocenters. The molecule has 2 aromatic rings. The molecule has 0 fully saturated rings. The molecule has 0 radical (unpaired) electrons. The Bertz CT molecular complexity index is 650. The van der Waals surface area contributed by atoms with Crippen LogP contribution in [0, 0.1) is 15.3 Å². The van der Waals surface area contributed by atoms with Crippen molar-refractivity contribution in [3.8, 4) is 0 Å². The second kappa shape index (κ2) is 5.47. The van der Waals surface area contributed by atoms with Crippen molar-refractivity contribution in [2.24, 2.45) is 0 Å². The third-order valence-corrected chi connectivity index (χ3v) is 3.00. The number of halogens is 3. The van der Waals surface area contributed by atoms with Gasteiger partial charge in [0.15, 0.2) is 0 Å². The Labute approximate surface area is 120 Å². The molecule has 1 aromatic carbocycles. The molecule has 0 unspecified atom stereocenters. The van der Waals surface area contributed by atoms with Crippen molar-refractivity contribution in [3.63, 3.8) is 0 Å². The number of carbonyl (C=O) groups is 1. The van der Waals surface area contributed by atoms with Gasteiger partial charge < -0.3 is 10.4 Å². The number of anilines is 2. The zero-order valence-electron chi connectivity index (χ0n) is 9.32. The Morgan fingerprint density at radius 3 is 2.68 bits per heavy atom. The molecule has 0 aliphatic carbocycles. The topological polar surface area (TPSA) is 62.2 Å². The number of hydrogen-bond donors (Lipinski definition) is 2. The van der Waals surface area contributed by atoms with E-state index >= 15 is 0 Å². The average molecular weight is 376 g/mol. The second-order valence-corrected chi connectivity index (χ2v) is 4.82. The maximum absolute atomic E-state index is 13.6. The van der Waals surface area contributed by atoms with Crippen LogP contribution in [-0.4, -0.2) is 16.1 Å². The van der Waals surface area contributed by atoms with Crippen molar-refractivity contribution in [1.29, 1.82) is 0 Å². The highest BCUT2D eigenvalue weighted by molar-refractivity contribution is 14.1. The number of benzene rings is 1. The molecule has 2 N–H and O–H groups in total. The van der Waals surface area contributed by atoms with E-state index in [4.69, 9.17) is 5.11 Å². The minimum absolute atomic E-state index is 0.0187. The molecular formula is C12H7F2IN2O2. The van der Waals surface area contributed by atoms with E-state index in [1.807, 2.05) is 22.6 Å². The van der Waals surface area contributed by atoms with Crippen molar-refractivity contribution in [2.45, 2.75) is 0 Å². The molecule has 0 amide bonds. The molecule has 1 heterocycles. The zero-order valence-corrected chi connectivity index (χ0v) is 11.5. The number of hydrogen-bond acceptors (Lipinski definition) is 3. The third-order valence-electron chi connectivity index (χ3n) is 2.33. The summed E-state index contributed by atoms with van der Waals surface area (Å²) in [6.45, 7) is 0. The van der Waals surface area contributed by atoms with Crippen LogP contribution in [-0.2, 0) is 0 Å². The van der Waals surface area contributed by atoms with E-state index in [-0.39, 0.29) is 16.9 Å². The minimum atomic E-state index is -1.32. The first-order chi connectivity index (χ1) is 8.99. The van der Waals surface area contributed by atoms with Gasteiger partial charge in [0.1, 0.15) is 11.5 Å². The summed E-state index contributed by atoms with van der Waals surface area (Å²) in [7, 11) is 0. The highest BCUT2D eigenvalue weighted by Crippen LogP contribution is 2.25. The Kier molecular flexibility index (Phi) is 3.93. The summed E-state index contributed by atoms with van der Waals surface area (Å²) >= 11 is 1.93. The standard InChI is InChI=1S/C12H7F2IN2O2/c13-8-5-6(15)1-2-9(8)17-10-7(12(18)19)3-4-16-11(10)14/h1-5,17H,(H,18,19). The number of carboxylic acids is 1. The average Bonchev–Trinajstić information content (AvgIpc) is 2.34. The molecule has 0 spiro atoms. The molecule has 98 valence electrons. The first-order valence-electron chi connectivity index (χ1n) is 5.09. The summed E-state index contributed by atoms with van der Waals surface area (Å²) in [6, 6.07) is 5.39. The smallest absolute Gasteiger partial charge is 0.338 e. The van der Waals surface area contributed by atoms with Crippen LogP contribution in [0.3, 0.4) is 0 Å². The quantitative estimate of drug-likeness (QED) is 0.637. The van der Waals surface area contributed by atoms with Crippen molar-refractivity contribution in [3.05, 3.63) is 51.4 Å². The number of carboxylic acid groups (broad SMARTS) is 1. The first kappa shape index (κ1) is 13.7. The van der Waals surface area contributed by atoms with Crippen molar-refractivity contribution < 1.29 is 18.7 Å². The van der Waals surface area contributed by atoms with Gasteiger partial charge in [0.25, 0.3) is 0 Å². The highest BCUT2D eigenvalue weighted by atomic mass is 127. The molecule has 7 heteroatoms. The van der Waals surface area contributed by atoms with Gasteiger partial charge in [-0.25, -0.2) is 14.2 Å². The fourth-order valence-corrected chi connectivity index (χ4v) is 1.91. The number of aromatic nitrogens is 1. The van der Waals surface area contributed by atoms with Gasteiger partial charge in [-0.2, -0.15) is 4.39 Å². The van der Waals surface area contributed by atoms with Gasteiger partial charge in [-0.1, -0.05) is 0 Å². The Hall–Kier alpha value is -1.77. The second-order valence-electron chi connectivity index (χ2n) is 3.58. The lowest BCUT2D eigenvalue weighted by Crippen LogP contribution is -2.07. The lowest BCUT2D eigenvalue weighted by Gasteiger charge is -2.10. The van der Waals surface area contributed by atoms with Crippen LogP contribution in [0.15, 0.2) is 30.5 Å². The molecule has 0 aliphatic heterocycles. The van der Waals surface area contributed by atoms with Gasteiger partial charge in [0.2, 0.25) is 5.95 Å². The molecule has 0 saturated heterocycles. The van der Waals surface area contributed by atoms with E-state index in [9.17, 15) is 13.6 Å². The van der Waals surface area contributed by atoms with Crippen LogP contribution in [0.4, 0.5) is 20.2 Å². The van der Waals surface area contributed by atoms with Gasteiger partial charge in [0, 0.05) is 9.77 Å². The Morgan fingerprint density at radius 2 is 2.05 bits per heavy atom. The summed E-state index contributed by atoms with van der Waals surface area (Å²) < 4.78 is 27.9. The summed E-state index contributed by atoms with van der Waals surface area (Å²) in [4.78, 5) is 14.3. The molecular weight excluding hydrogens is 369 g/mol. The Balaban J connectivity index is 2.46. The third kappa shape index (κ3) is 2.98. The first-order valence-corrected chi connectivity index (χ1v) is 6.17. The van der Waals surface area contributed by atoms with Crippen molar-refractivity contribution >= 4 is 39.9 Å². The van der Waals surface area contributed by atoms with Crippen LogP contribution in [0.25, 0.3) is 0 Å². The van der Waals surface area contributed by atoms with Crippen LogP contribution in [0.5, 0.6) is 0 Å². The van der Waals surface area contributed by atoms with Gasteiger partial charge in [-0.15, -0.1) is 0 Å². The lowest BCUT2D eigenvalue weighted by atomic mass is 10.2. The minimum Gasteiger partial charge on any atom is -0.478 e. The Morgan fingerprint density at radius 1 is 1.32 bits per heavy atom. The van der Waals surface area contributed by atoms with E-state index in [0.717, 1.165) is 12.3 Å². The molecule has 1 aromatic heterocycles. The summed E-state index contributed by atoms with van der Waals surface area (Å²) in [6.07, 6.45) is 1.04. The van der Waals surface area contributed by atoms with Crippen LogP contribution >= 0.6 is 22.6 Å². The number of rotatable bonds is 3. The van der Waals surface area contributed by atoms with E-state index in [0.29, 0.717) is 3.57 Å². The summed E-state index contributed by atoms with van der Waals surface area (Å²) in [5.74, 6) is -2.93. The maximum atomic E-state index is 13.6. The van der Waals surface area contributed by atoms with E-state index in [2.05, 4.69) is 10.3 Å². The normalized spacial score (nSPS) is 10.3. The van der Waals surface area contributed by atoms with Gasteiger partial charge in [-0.3, -0.25) is 0 Å². The van der Waals surface area contributed by atoms with Crippen molar-refractivity contribution in [2.75, 3.05) is 5.32 Å². The molecule has 19 heavy (non-hydrogen) atoms. The predicted molar refractivity (Wildman–Crippen MR) is 73.6 cm³/mol. The van der Waals surface area contributed by atoms with Crippen LogP contribution in [0.1, 0.15) is 10.4 Å². The van der Waals surface area contributed by atoms with E-state index in [1.54, 1.807) is 6.07 Å². The highest BCUT2D eigenvalue weighted by Gasteiger charge is 2.16. The van der Waals surface area contributed by atoms with Crippen LogP contribution in [0.2, 0.25) is 0 Å². The van der Waals surface area contributed by atoms with Crippen molar-refractivity contribution in [1.82, 2.24) is 4.98 Å². The molecule has 0 bridgehead atoms. The number of nitrogens with one attached hydrogen (secondary N) is 1. The monoisotopic (exact) mass is 376 g/mol. The number of pyridine rings is 1. The SMILES string of the molecule is O=C(O)c1ccnc(F)c1Nc1ccc(I)cc1F. The fraction of sp³-hybridized carbons (Fsp3) is 0. The van der Waals surface area contributed by atoms with E-state index in [1.165, 1.54) is 12.1 Å². The molecule has 2 rings (SSSR count). The van der Waals surface area contributed by atoms with Gasteiger partial charge in [0.05, 0.1) is 11.3 Å². The number of nitrogens with zero attached hydrogens (tertiary/aromatic N) is 1. The fourth-order valence-electron chi connectivity index (χ4n) is 1.46. The molecule has 4 nitrogen and oxygen atoms in total.